The Kier molecular flexibility index (Phi) is 4.51. The van der Waals surface area contributed by atoms with Gasteiger partial charge in [-0.3, -0.25) is 0 Å². The van der Waals surface area contributed by atoms with Crippen LogP contribution in [0, 0.1) is 5.41 Å². The van der Waals surface area contributed by atoms with E-state index in [1.54, 1.807) is 0 Å². The van der Waals surface area contributed by atoms with E-state index < -0.39 is 0 Å². The molecule has 2 nitrogen and oxygen atoms in total. The molecule has 1 aromatic carbocycles. The zero-order valence-corrected chi connectivity index (χ0v) is 13.8. The number of nitrogens with two attached hydrogens (primary N) is 1. The first-order chi connectivity index (χ1) is 8.87. The van der Waals surface area contributed by atoms with Crippen LogP contribution in [-0.2, 0) is 0 Å². The van der Waals surface area contributed by atoms with Gasteiger partial charge in [-0.25, -0.2) is 0 Å². The Bertz CT molecular complexity index is 477. The minimum absolute atomic E-state index is 0.280. The highest BCUT2D eigenvalue weighted by Crippen LogP contribution is 2.37. The van der Waals surface area contributed by atoms with E-state index in [2.05, 4.69) is 29.8 Å². The van der Waals surface area contributed by atoms with Crippen molar-refractivity contribution in [1.82, 2.24) is 0 Å². The molecule has 1 aliphatic carbocycles. The van der Waals surface area contributed by atoms with Gasteiger partial charge < -0.3 is 10.5 Å². The van der Waals surface area contributed by atoms with E-state index in [9.17, 15) is 0 Å². The third-order valence-corrected chi connectivity index (χ3v) is 4.50. The number of halogens is 1. The standard InChI is InChI=1S/C15H20BrNOS/c1-15(2)7-5-11(6-8-15)18-13-4-3-10(16)9-12(13)14(17)19/h3-4,9,11H,5-8H2,1-2H3,(H2,17,19). The molecule has 0 amide bonds. The van der Waals surface area contributed by atoms with Gasteiger partial charge in [0.1, 0.15) is 10.7 Å². The molecule has 0 heterocycles. The van der Waals surface area contributed by atoms with E-state index in [1.165, 1.54) is 12.8 Å². The Morgan fingerprint density at radius 3 is 2.58 bits per heavy atom. The van der Waals surface area contributed by atoms with Crippen LogP contribution in [0.3, 0.4) is 0 Å². The Hall–Kier alpha value is -0.610. The van der Waals surface area contributed by atoms with E-state index in [4.69, 9.17) is 22.7 Å². The number of hydrogen-bond donors (Lipinski definition) is 1. The molecule has 0 saturated heterocycles. The number of rotatable bonds is 3. The topological polar surface area (TPSA) is 35.2 Å². The first kappa shape index (κ1) is 14.8. The molecular formula is C15H20BrNOS. The summed E-state index contributed by atoms with van der Waals surface area (Å²) < 4.78 is 7.07. The molecule has 0 atom stereocenters. The van der Waals surface area contributed by atoms with Crippen LogP contribution in [-0.4, -0.2) is 11.1 Å². The summed E-state index contributed by atoms with van der Waals surface area (Å²) >= 11 is 8.52. The second-order valence-electron chi connectivity index (χ2n) is 5.99. The molecule has 0 aliphatic heterocycles. The van der Waals surface area contributed by atoms with Crippen LogP contribution in [0.1, 0.15) is 45.1 Å². The number of ether oxygens (including phenoxy) is 1. The van der Waals surface area contributed by atoms with Gasteiger partial charge in [-0.2, -0.15) is 0 Å². The highest BCUT2D eigenvalue weighted by atomic mass is 79.9. The third kappa shape index (κ3) is 3.93. The lowest BCUT2D eigenvalue weighted by molar-refractivity contribution is 0.0986. The molecule has 1 aliphatic rings. The van der Waals surface area contributed by atoms with Crippen molar-refractivity contribution in [3.8, 4) is 5.75 Å². The summed E-state index contributed by atoms with van der Waals surface area (Å²) in [6.45, 7) is 4.65. The predicted molar refractivity (Wildman–Crippen MR) is 86.7 cm³/mol. The van der Waals surface area contributed by atoms with Crippen LogP contribution in [0.5, 0.6) is 5.75 Å². The maximum absolute atomic E-state index is 6.11. The average molecular weight is 342 g/mol. The van der Waals surface area contributed by atoms with Crippen molar-refractivity contribution in [1.29, 1.82) is 0 Å². The molecule has 19 heavy (non-hydrogen) atoms. The normalized spacial score (nSPS) is 19.1. The van der Waals surface area contributed by atoms with Gasteiger partial charge in [0.05, 0.1) is 11.7 Å². The zero-order valence-electron chi connectivity index (χ0n) is 11.4. The lowest BCUT2D eigenvalue weighted by atomic mass is 9.76. The summed E-state index contributed by atoms with van der Waals surface area (Å²) in [5.74, 6) is 0.806. The minimum atomic E-state index is 0.280. The Morgan fingerprint density at radius 1 is 1.37 bits per heavy atom. The number of hydrogen-bond acceptors (Lipinski definition) is 2. The maximum Gasteiger partial charge on any atom is 0.129 e. The van der Waals surface area contributed by atoms with Crippen molar-refractivity contribution >= 4 is 33.1 Å². The van der Waals surface area contributed by atoms with E-state index in [0.29, 0.717) is 10.4 Å². The lowest BCUT2D eigenvalue weighted by Gasteiger charge is -2.34. The largest absolute Gasteiger partial charge is 0.490 e. The van der Waals surface area contributed by atoms with Crippen LogP contribution in [0.25, 0.3) is 0 Å². The summed E-state index contributed by atoms with van der Waals surface area (Å²) in [6, 6.07) is 5.83. The third-order valence-electron chi connectivity index (χ3n) is 3.79. The molecule has 0 radical (unpaired) electrons. The summed E-state index contributed by atoms with van der Waals surface area (Å²) in [7, 11) is 0. The van der Waals surface area contributed by atoms with Crippen LogP contribution in [0.15, 0.2) is 22.7 Å². The molecule has 1 fully saturated rings. The van der Waals surface area contributed by atoms with Gasteiger partial charge >= 0.3 is 0 Å². The number of thiocarbonyl (C=S) groups is 1. The molecule has 0 bridgehead atoms. The summed E-state index contributed by atoms with van der Waals surface area (Å²) in [5, 5.41) is 0. The van der Waals surface area contributed by atoms with Gasteiger partial charge in [0, 0.05) is 4.47 Å². The fourth-order valence-corrected chi connectivity index (χ4v) is 2.99. The van der Waals surface area contributed by atoms with E-state index in [1.807, 2.05) is 18.2 Å². The number of benzene rings is 1. The predicted octanol–water partition coefficient (Wildman–Crippen LogP) is 4.43. The average Bonchev–Trinajstić information content (AvgIpc) is 2.33. The van der Waals surface area contributed by atoms with E-state index >= 15 is 0 Å². The van der Waals surface area contributed by atoms with Gasteiger partial charge in [0.15, 0.2) is 0 Å². The van der Waals surface area contributed by atoms with Gasteiger partial charge in [-0.1, -0.05) is 42.0 Å². The highest BCUT2D eigenvalue weighted by molar-refractivity contribution is 9.10. The molecule has 0 spiro atoms. The van der Waals surface area contributed by atoms with Crippen molar-refractivity contribution in [2.75, 3.05) is 0 Å². The first-order valence-electron chi connectivity index (χ1n) is 6.63. The quantitative estimate of drug-likeness (QED) is 0.826. The van der Waals surface area contributed by atoms with Crippen molar-refractivity contribution in [2.45, 2.75) is 45.6 Å². The first-order valence-corrected chi connectivity index (χ1v) is 7.83. The molecule has 1 aromatic rings. The lowest BCUT2D eigenvalue weighted by Crippen LogP contribution is -2.29. The molecule has 2 N–H and O–H groups in total. The second kappa shape index (κ2) is 5.80. The van der Waals surface area contributed by atoms with Crippen LogP contribution >= 0.6 is 28.1 Å². The summed E-state index contributed by atoms with van der Waals surface area (Å²) in [6.07, 6.45) is 4.88. The molecule has 1 saturated carbocycles. The van der Waals surface area contributed by atoms with E-state index in [-0.39, 0.29) is 6.10 Å². The van der Waals surface area contributed by atoms with Crippen LogP contribution < -0.4 is 10.5 Å². The molecule has 2 rings (SSSR count). The fraction of sp³-hybridized carbons (Fsp3) is 0.533. The minimum Gasteiger partial charge on any atom is -0.490 e. The smallest absolute Gasteiger partial charge is 0.129 e. The van der Waals surface area contributed by atoms with Crippen molar-refractivity contribution in [3.05, 3.63) is 28.2 Å². The molecule has 104 valence electrons. The van der Waals surface area contributed by atoms with Gasteiger partial charge in [-0.15, -0.1) is 0 Å². The van der Waals surface area contributed by atoms with Crippen molar-refractivity contribution < 1.29 is 4.74 Å². The zero-order chi connectivity index (χ0) is 14.0. The van der Waals surface area contributed by atoms with Crippen LogP contribution in [0.2, 0.25) is 0 Å². The van der Waals surface area contributed by atoms with Gasteiger partial charge in [0.2, 0.25) is 0 Å². The van der Waals surface area contributed by atoms with Gasteiger partial charge in [-0.05, 0) is 49.3 Å². The molecular weight excluding hydrogens is 322 g/mol. The fourth-order valence-electron chi connectivity index (χ4n) is 2.47. The molecule has 4 heteroatoms. The van der Waals surface area contributed by atoms with Crippen LogP contribution in [0.4, 0.5) is 0 Å². The summed E-state index contributed by atoms with van der Waals surface area (Å²) in [5.41, 5.74) is 7.03. The maximum atomic E-state index is 6.11. The molecule has 0 aromatic heterocycles. The van der Waals surface area contributed by atoms with Crippen molar-refractivity contribution in [2.24, 2.45) is 11.1 Å². The van der Waals surface area contributed by atoms with Crippen molar-refractivity contribution in [3.63, 3.8) is 0 Å². The molecule has 0 unspecified atom stereocenters. The Morgan fingerprint density at radius 2 is 2.00 bits per heavy atom. The van der Waals surface area contributed by atoms with E-state index in [0.717, 1.165) is 28.6 Å². The second-order valence-corrected chi connectivity index (χ2v) is 7.34. The highest BCUT2D eigenvalue weighted by Gasteiger charge is 2.28. The Labute approximate surface area is 128 Å². The SMILES string of the molecule is CC1(C)CCC(Oc2ccc(Br)cc2C(N)=S)CC1. The summed E-state index contributed by atoms with van der Waals surface area (Å²) in [4.78, 5) is 0.382. The Balaban J connectivity index is 2.10. The monoisotopic (exact) mass is 341 g/mol. The van der Waals surface area contributed by atoms with Gasteiger partial charge in [0.25, 0.3) is 0 Å².